The number of carboxylic acid groups (broad SMARTS) is 1. The second-order valence-electron chi connectivity index (χ2n) is 3.21. The Morgan fingerprint density at radius 3 is 3.00 bits per heavy atom. The molecule has 0 aliphatic rings. The summed E-state index contributed by atoms with van der Waals surface area (Å²) in [5, 5.41) is 10.7. The highest BCUT2D eigenvalue weighted by Gasteiger charge is 2.08. The number of carboxylic acids is 1. The van der Waals surface area contributed by atoms with Crippen molar-refractivity contribution in [3.63, 3.8) is 0 Å². The molecular weight excluding hydrogens is 210 g/mol. The maximum absolute atomic E-state index is 11.5. The Balaban J connectivity index is 2.19. The van der Waals surface area contributed by atoms with Crippen LogP contribution >= 0.6 is 0 Å². The lowest BCUT2D eigenvalue weighted by atomic mass is 10.2. The van der Waals surface area contributed by atoms with Gasteiger partial charge in [-0.05, 0) is 18.2 Å². The first kappa shape index (κ1) is 10.2. The summed E-state index contributed by atoms with van der Waals surface area (Å²) < 4.78 is 0. The van der Waals surface area contributed by atoms with Crippen molar-refractivity contribution in [2.24, 2.45) is 0 Å². The Hall–Kier alpha value is -2.37. The van der Waals surface area contributed by atoms with Gasteiger partial charge in [-0.3, -0.25) is 9.59 Å². The van der Waals surface area contributed by atoms with Gasteiger partial charge in [0.05, 0.1) is 17.4 Å². The molecule has 1 heterocycles. The van der Waals surface area contributed by atoms with Gasteiger partial charge in [0.1, 0.15) is 6.54 Å². The molecule has 0 spiro atoms. The highest BCUT2D eigenvalue weighted by molar-refractivity contribution is 5.98. The van der Waals surface area contributed by atoms with E-state index in [2.05, 4.69) is 15.3 Å². The summed E-state index contributed by atoms with van der Waals surface area (Å²) in [5.74, 6) is -1.49. The van der Waals surface area contributed by atoms with Crippen LogP contribution in [0.5, 0.6) is 0 Å². The average Bonchev–Trinajstić information content (AvgIpc) is 2.72. The van der Waals surface area contributed by atoms with E-state index in [-0.39, 0.29) is 6.54 Å². The minimum atomic E-state index is -1.07. The van der Waals surface area contributed by atoms with Gasteiger partial charge in [0.25, 0.3) is 5.91 Å². The molecule has 0 saturated heterocycles. The number of hydrogen-bond acceptors (Lipinski definition) is 3. The zero-order valence-electron chi connectivity index (χ0n) is 8.23. The lowest BCUT2D eigenvalue weighted by molar-refractivity contribution is -0.135. The molecule has 0 fully saturated rings. The Bertz CT molecular complexity index is 547. The van der Waals surface area contributed by atoms with Crippen molar-refractivity contribution >= 4 is 22.9 Å². The van der Waals surface area contributed by atoms with Crippen LogP contribution in [0.2, 0.25) is 0 Å². The number of imidazole rings is 1. The molecule has 2 rings (SSSR count). The van der Waals surface area contributed by atoms with Crippen LogP contribution in [-0.4, -0.2) is 33.5 Å². The average molecular weight is 219 g/mol. The molecule has 0 radical (unpaired) electrons. The third-order valence-corrected chi connectivity index (χ3v) is 2.08. The van der Waals surface area contributed by atoms with E-state index in [9.17, 15) is 9.59 Å². The molecule has 0 atom stereocenters. The second-order valence-corrected chi connectivity index (χ2v) is 3.21. The van der Waals surface area contributed by atoms with E-state index in [0.29, 0.717) is 5.56 Å². The lowest BCUT2D eigenvalue weighted by Gasteiger charge is -2.01. The number of H-pyrrole nitrogens is 1. The van der Waals surface area contributed by atoms with Crippen molar-refractivity contribution in [2.75, 3.05) is 6.54 Å². The predicted octanol–water partition coefficient (Wildman–Crippen LogP) is 0.377. The Kier molecular flexibility index (Phi) is 2.55. The summed E-state index contributed by atoms with van der Waals surface area (Å²) >= 11 is 0. The standard InChI is InChI=1S/C10H9N3O3/c14-9(15)4-11-10(16)6-1-2-7-8(3-6)13-5-12-7/h1-3,5H,4H2,(H,11,16)(H,12,13)(H,14,15). The molecule has 6 nitrogen and oxygen atoms in total. The van der Waals surface area contributed by atoms with Crippen LogP contribution in [0, 0.1) is 0 Å². The van der Waals surface area contributed by atoms with Gasteiger partial charge in [-0.2, -0.15) is 0 Å². The molecule has 0 aliphatic carbocycles. The number of hydrogen-bond donors (Lipinski definition) is 3. The van der Waals surface area contributed by atoms with Gasteiger partial charge in [0.15, 0.2) is 0 Å². The maximum atomic E-state index is 11.5. The molecule has 2 aromatic rings. The molecule has 0 unspecified atom stereocenters. The minimum Gasteiger partial charge on any atom is -0.480 e. The zero-order valence-corrected chi connectivity index (χ0v) is 8.23. The fourth-order valence-corrected chi connectivity index (χ4v) is 1.33. The third kappa shape index (κ3) is 2.00. The number of fused-ring (bicyclic) bond motifs is 1. The van der Waals surface area contributed by atoms with Crippen LogP contribution in [0.1, 0.15) is 10.4 Å². The molecule has 16 heavy (non-hydrogen) atoms. The van der Waals surface area contributed by atoms with Crippen molar-refractivity contribution < 1.29 is 14.7 Å². The number of aromatic amines is 1. The van der Waals surface area contributed by atoms with E-state index in [1.54, 1.807) is 18.2 Å². The fourth-order valence-electron chi connectivity index (χ4n) is 1.33. The SMILES string of the molecule is O=C(O)CNC(=O)c1ccc2nc[nH]c2c1. The van der Waals surface area contributed by atoms with Gasteiger partial charge in [0, 0.05) is 5.56 Å². The highest BCUT2D eigenvalue weighted by atomic mass is 16.4. The van der Waals surface area contributed by atoms with E-state index >= 15 is 0 Å². The number of nitrogens with zero attached hydrogens (tertiary/aromatic N) is 1. The quantitative estimate of drug-likeness (QED) is 0.695. The summed E-state index contributed by atoms with van der Waals surface area (Å²) in [6.45, 7) is -0.389. The minimum absolute atomic E-state index is 0.389. The van der Waals surface area contributed by atoms with Gasteiger partial charge in [0.2, 0.25) is 0 Å². The number of nitrogens with one attached hydrogen (secondary N) is 2. The number of carbonyl (C=O) groups excluding carboxylic acids is 1. The van der Waals surface area contributed by atoms with Crippen molar-refractivity contribution in [1.29, 1.82) is 0 Å². The Morgan fingerprint density at radius 2 is 2.25 bits per heavy atom. The third-order valence-electron chi connectivity index (χ3n) is 2.08. The molecule has 3 N–H and O–H groups in total. The normalized spacial score (nSPS) is 10.2. The van der Waals surface area contributed by atoms with E-state index in [0.717, 1.165) is 11.0 Å². The first-order valence-electron chi connectivity index (χ1n) is 4.60. The van der Waals surface area contributed by atoms with Crippen molar-refractivity contribution in [3.05, 3.63) is 30.1 Å². The summed E-state index contributed by atoms with van der Waals surface area (Å²) in [4.78, 5) is 28.7. The van der Waals surface area contributed by atoms with Gasteiger partial charge >= 0.3 is 5.97 Å². The zero-order chi connectivity index (χ0) is 11.5. The first-order chi connectivity index (χ1) is 7.66. The van der Waals surface area contributed by atoms with Crippen LogP contribution in [0.25, 0.3) is 11.0 Å². The number of rotatable bonds is 3. The summed E-state index contributed by atoms with van der Waals surface area (Å²) in [7, 11) is 0. The molecule has 1 amide bonds. The number of aromatic nitrogens is 2. The van der Waals surface area contributed by atoms with Crippen molar-refractivity contribution in [3.8, 4) is 0 Å². The molecule has 0 saturated carbocycles. The molecule has 6 heteroatoms. The number of benzene rings is 1. The summed E-state index contributed by atoms with van der Waals surface area (Å²) in [6, 6.07) is 4.92. The summed E-state index contributed by atoms with van der Waals surface area (Å²) in [5.41, 5.74) is 1.90. The monoisotopic (exact) mass is 219 g/mol. The van der Waals surface area contributed by atoms with E-state index in [1.165, 1.54) is 6.33 Å². The Morgan fingerprint density at radius 1 is 1.44 bits per heavy atom. The Labute approximate surface area is 90.3 Å². The van der Waals surface area contributed by atoms with E-state index in [1.807, 2.05) is 0 Å². The molecule has 0 bridgehead atoms. The molecule has 0 aliphatic heterocycles. The summed E-state index contributed by atoms with van der Waals surface area (Å²) in [6.07, 6.45) is 1.53. The van der Waals surface area contributed by atoms with Gasteiger partial charge in [-0.25, -0.2) is 4.98 Å². The van der Waals surface area contributed by atoms with Crippen LogP contribution in [0.3, 0.4) is 0 Å². The van der Waals surface area contributed by atoms with Crippen LogP contribution < -0.4 is 5.32 Å². The van der Waals surface area contributed by atoms with E-state index in [4.69, 9.17) is 5.11 Å². The van der Waals surface area contributed by atoms with Gasteiger partial charge in [-0.15, -0.1) is 0 Å². The molecule has 1 aromatic carbocycles. The number of aliphatic carboxylic acids is 1. The van der Waals surface area contributed by atoms with E-state index < -0.39 is 11.9 Å². The van der Waals surface area contributed by atoms with Crippen LogP contribution in [0.4, 0.5) is 0 Å². The van der Waals surface area contributed by atoms with Gasteiger partial charge in [-0.1, -0.05) is 0 Å². The molecule has 82 valence electrons. The largest absolute Gasteiger partial charge is 0.480 e. The highest BCUT2D eigenvalue weighted by Crippen LogP contribution is 2.11. The smallest absolute Gasteiger partial charge is 0.322 e. The van der Waals surface area contributed by atoms with Crippen LogP contribution in [-0.2, 0) is 4.79 Å². The second kappa shape index (κ2) is 4.01. The molecular formula is C10H9N3O3. The van der Waals surface area contributed by atoms with Gasteiger partial charge < -0.3 is 15.4 Å². The number of carbonyl (C=O) groups is 2. The lowest BCUT2D eigenvalue weighted by Crippen LogP contribution is -2.29. The van der Waals surface area contributed by atoms with Crippen molar-refractivity contribution in [2.45, 2.75) is 0 Å². The predicted molar refractivity (Wildman–Crippen MR) is 56.1 cm³/mol. The fraction of sp³-hybridized carbons (Fsp3) is 0.100. The van der Waals surface area contributed by atoms with Crippen molar-refractivity contribution in [1.82, 2.24) is 15.3 Å². The molecule has 1 aromatic heterocycles. The van der Waals surface area contributed by atoms with Crippen LogP contribution in [0.15, 0.2) is 24.5 Å². The maximum Gasteiger partial charge on any atom is 0.322 e. The first-order valence-corrected chi connectivity index (χ1v) is 4.60. The number of amides is 1. The topological polar surface area (TPSA) is 95.1 Å².